The maximum Gasteiger partial charge on any atom is 0.333 e. The minimum absolute atomic E-state index is 0.0207. The van der Waals surface area contributed by atoms with E-state index in [0.717, 1.165) is 5.56 Å². The normalized spacial score (nSPS) is 11.6. The summed E-state index contributed by atoms with van der Waals surface area (Å²) >= 11 is 0. The van der Waals surface area contributed by atoms with Crippen molar-refractivity contribution in [1.29, 1.82) is 0 Å². The first-order valence-electron chi connectivity index (χ1n) is 8.58. The van der Waals surface area contributed by atoms with Crippen LogP contribution in [0.2, 0.25) is 0 Å². The van der Waals surface area contributed by atoms with Crippen molar-refractivity contribution in [3.05, 3.63) is 65.2 Å². The number of carbonyl (C=O) groups excluding carboxylic acids is 2. The van der Waals surface area contributed by atoms with E-state index in [9.17, 15) is 18.0 Å². The molecule has 0 saturated heterocycles. The van der Waals surface area contributed by atoms with Crippen LogP contribution in [0.4, 0.5) is 10.5 Å². The molecule has 148 valence electrons. The molecular formula is C20H22N2O5S. The number of amides is 2. The van der Waals surface area contributed by atoms with Crippen LogP contribution in [0.25, 0.3) is 6.08 Å². The van der Waals surface area contributed by atoms with Crippen LogP contribution < -0.4 is 10.0 Å². The number of sulfonamides is 1. The lowest BCUT2D eigenvalue weighted by molar-refractivity contribution is -0.138. The second-order valence-corrected chi connectivity index (χ2v) is 7.64. The summed E-state index contributed by atoms with van der Waals surface area (Å²) in [6.07, 6.45) is 1.59. The molecule has 2 aromatic carbocycles. The summed E-state index contributed by atoms with van der Waals surface area (Å²) in [6.45, 7) is 5.38. The number of ether oxygens (including phenoxy) is 1. The van der Waals surface area contributed by atoms with Crippen LogP contribution in [0, 0.1) is 6.92 Å². The first kappa shape index (κ1) is 21.2. The fourth-order valence-electron chi connectivity index (χ4n) is 2.43. The van der Waals surface area contributed by atoms with Gasteiger partial charge in [0, 0.05) is 16.8 Å². The molecule has 0 aliphatic heterocycles. The summed E-state index contributed by atoms with van der Waals surface area (Å²) in [6, 6.07) is 11.8. The molecule has 0 aliphatic rings. The van der Waals surface area contributed by atoms with E-state index in [0.29, 0.717) is 16.8 Å². The SMILES string of the molecule is CCOC(=O)/C(C)=C/c1c(C)cccc1NC(=O)NS(=O)(=O)c1ccccc1. The van der Waals surface area contributed by atoms with Gasteiger partial charge < -0.3 is 10.1 Å². The van der Waals surface area contributed by atoms with Gasteiger partial charge in [0.15, 0.2) is 0 Å². The van der Waals surface area contributed by atoms with Gasteiger partial charge in [0.2, 0.25) is 0 Å². The number of hydrogen-bond acceptors (Lipinski definition) is 5. The molecule has 0 fully saturated rings. The van der Waals surface area contributed by atoms with Crippen LogP contribution in [0.5, 0.6) is 0 Å². The Morgan fingerprint density at radius 1 is 1.07 bits per heavy atom. The zero-order valence-electron chi connectivity index (χ0n) is 15.9. The molecule has 0 bridgehead atoms. The third-order valence-electron chi connectivity index (χ3n) is 3.81. The predicted octanol–water partition coefficient (Wildman–Crippen LogP) is 3.47. The lowest BCUT2D eigenvalue weighted by atomic mass is 10.0. The summed E-state index contributed by atoms with van der Waals surface area (Å²) in [5.74, 6) is -0.465. The minimum atomic E-state index is -4.00. The van der Waals surface area contributed by atoms with Crippen molar-refractivity contribution in [2.75, 3.05) is 11.9 Å². The Morgan fingerprint density at radius 3 is 2.39 bits per heavy atom. The highest BCUT2D eigenvalue weighted by Gasteiger charge is 2.18. The number of hydrogen-bond donors (Lipinski definition) is 2. The highest BCUT2D eigenvalue weighted by atomic mass is 32.2. The highest BCUT2D eigenvalue weighted by Crippen LogP contribution is 2.23. The van der Waals surface area contributed by atoms with E-state index < -0.39 is 22.0 Å². The Bertz CT molecular complexity index is 999. The van der Waals surface area contributed by atoms with Crippen molar-refractivity contribution in [3.63, 3.8) is 0 Å². The van der Waals surface area contributed by atoms with Gasteiger partial charge in [0.25, 0.3) is 10.0 Å². The number of aryl methyl sites for hydroxylation is 1. The lowest BCUT2D eigenvalue weighted by Gasteiger charge is -2.13. The molecule has 0 spiro atoms. The van der Waals surface area contributed by atoms with Gasteiger partial charge in [0.05, 0.1) is 11.5 Å². The molecule has 2 amide bonds. The Kier molecular flexibility index (Phi) is 6.94. The Morgan fingerprint density at radius 2 is 1.75 bits per heavy atom. The maximum atomic E-state index is 12.3. The molecule has 0 aromatic heterocycles. The van der Waals surface area contributed by atoms with Gasteiger partial charge in [-0.3, -0.25) is 0 Å². The van der Waals surface area contributed by atoms with E-state index in [-0.39, 0.29) is 11.5 Å². The molecule has 2 rings (SSSR count). The number of carbonyl (C=O) groups is 2. The minimum Gasteiger partial charge on any atom is -0.463 e. The first-order chi connectivity index (χ1) is 13.2. The highest BCUT2D eigenvalue weighted by molar-refractivity contribution is 7.90. The fourth-order valence-corrected chi connectivity index (χ4v) is 3.36. The maximum absolute atomic E-state index is 12.3. The molecule has 2 N–H and O–H groups in total. The van der Waals surface area contributed by atoms with Crippen LogP contribution >= 0.6 is 0 Å². The predicted molar refractivity (Wildman–Crippen MR) is 107 cm³/mol. The molecular weight excluding hydrogens is 380 g/mol. The molecule has 0 radical (unpaired) electrons. The summed E-state index contributed by atoms with van der Waals surface area (Å²) in [5, 5.41) is 2.53. The number of urea groups is 1. The van der Waals surface area contributed by atoms with Gasteiger partial charge in [0.1, 0.15) is 0 Å². The van der Waals surface area contributed by atoms with Crippen LogP contribution in [0.1, 0.15) is 25.0 Å². The molecule has 7 nitrogen and oxygen atoms in total. The van der Waals surface area contributed by atoms with Gasteiger partial charge in [-0.2, -0.15) is 0 Å². The largest absolute Gasteiger partial charge is 0.463 e. The van der Waals surface area contributed by atoms with Crippen LogP contribution in [0.15, 0.2) is 59.0 Å². The number of rotatable bonds is 6. The van der Waals surface area contributed by atoms with Gasteiger partial charge in [-0.25, -0.2) is 22.7 Å². The second-order valence-electron chi connectivity index (χ2n) is 5.96. The molecule has 0 aliphatic carbocycles. The summed E-state index contributed by atoms with van der Waals surface area (Å²) in [5.41, 5.74) is 2.11. The van der Waals surface area contributed by atoms with Crippen molar-refractivity contribution in [2.45, 2.75) is 25.7 Å². The molecule has 0 unspecified atom stereocenters. The zero-order chi connectivity index (χ0) is 20.7. The van der Waals surface area contributed by atoms with Crippen molar-refractivity contribution in [2.24, 2.45) is 0 Å². The van der Waals surface area contributed by atoms with Gasteiger partial charge in [-0.05, 0) is 50.6 Å². The van der Waals surface area contributed by atoms with E-state index in [2.05, 4.69) is 5.32 Å². The quantitative estimate of drug-likeness (QED) is 0.569. The topological polar surface area (TPSA) is 102 Å². The van der Waals surface area contributed by atoms with E-state index >= 15 is 0 Å². The third-order valence-corrected chi connectivity index (χ3v) is 5.16. The molecule has 2 aromatic rings. The number of nitrogens with one attached hydrogen (secondary N) is 2. The van der Waals surface area contributed by atoms with E-state index in [4.69, 9.17) is 4.74 Å². The van der Waals surface area contributed by atoms with Crippen molar-refractivity contribution in [3.8, 4) is 0 Å². The Labute approximate surface area is 164 Å². The van der Waals surface area contributed by atoms with Crippen molar-refractivity contribution >= 4 is 33.8 Å². The standard InChI is InChI=1S/C20H22N2O5S/c1-4-27-19(23)15(3)13-17-14(2)9-8-12-18(17)21-20(24)22-28(25,26)16-10-6-5-7-11-16/h5-13H,4H2,1-3H3,(H2,21,22,24)/b15-13+. The molecule has 28 heavy (non-hydrogen) atoms. The number of esters is 1. The summed E-state index contributed by atoms with van der Waals surface area (Å²) in [4.78, 5) is 24.1. The van der Waals surface area contributed by atoms with Crippen molar-refractivity contribution in [1.82, 2.24) is 4.72 Å². The van der Waals surface area contributed by atoms with Gasteiger partial charge in [-0.1, -0.05) is 30.3 Å². The molecule has 0 atom stereocenters. The molecule has 8 heteroatoms. The van der Waals surface area contributed by atoms with E-state index in [1.165, 1.54) is 12.1 Å². The third kappa shape index (κ3) is 5.43. The fraction of sp³-hybridized carbons (Fsp3) is 0.200. The zero-order valence-corrected chi connectivity index (χ0v) is 16.7. The summed E-state index contributed by atoms with van der Waals surface area (Å²) in [7, 11) is -4.00. The van der Waals surface area contributed by atoms with Crippen molar-refractivity contribution < 1.29 is 22.7 Å². The average molecular weight is 402 g/mol. The molecule has 0 heterocycles. The monoisotopic (exact) mass is 402 g/mol. The van der Waals surface area contributed by atoms with Crippen LogP contribution in [-0.4, -0.2) is 27.0 Å². The van der Waals surface area contributed by atoms with E-state index in [1.54, 1.807) is 50.3 Å². The second kappa shape index (κ2) is 9.18. The molecule has 0 saturated carbocycles. The van der Waals surface area contributed by atoms with E-state index in [1.807, 2.05) is 17.7 Å². The number of benzene rings is 2. The Hall–Kier alpha value is -3.13. The van der Waals surface area contributed by atoms with Crippen LogP contribution in [0.3, 0.4) is 0 Å². The number of anilines is 1. The smallest absolute Gasteiger partial charge is 0.333 e. The lowest BCUT2D eigenvalue weighted by Crippen LogP contribution is -2.34. The summed E-state index contributed by atoms with van der Waals surface area (Å²) < 4.78 is 31.5. The Balaban J connectivity index is 2.25. The van der Waals surface area contributed by atoms with Gasteiger partial charge in [-0.15, -0.1) is 0 Å². The first-order valence-corrected chi connectivity index (χ1v) is 10.1. The van der Waals surface area contributed by atoms with Gasteiger partial charge >= 0.3 is 12.0 Å². The van der Waals surface area contributed by atoms with Crippen LogP contribution in [-0.2, 0) is 19.6 Å². The average Bonchev–Trinajstić information content (AvgIpc) is 2.65.